The third kappa shape index (κ3) is 2.75. The first-order valence-electron chi connectivity index (χ1n) is 4.54. The van der Waals surface area contributed by atoms with Gasteiger partial charge in [-0.3, -0.25) is 4.79 Å². The van der Waals surface area contributed by atoms with Gasteiger partial charge >= 0.3 is 6.18 Å². The van der Waals surface area contributed by atoms with Crippen LogP contribution in [0.3, 0.4) is 0 Å². The zero-order valence-corrected chi connectivity index (χ0v) is 8.84. The molecular formula is C11H8F3NO2. The number of nitrogens with zero attached hydrogens (tertiary/aromatic N) is 1. The molecule has 1 aromatic rings. The molecule has 0 N–H and O–H groups in total. The monoisotopic (exact) mass is 243 g/mol. The van der Waals surface area contributed by atoms with E-state index < -0.39 is 17.3 Å². The molecular weight excluding hydrogens is 235 g/mol. The number of hydrogen-bond acceptors (Lipinski definition) is 3. The Morgan fingerprint density at radius 1 is 1.47 bits per heavy atom. The van der Waals surface area contributed by atoms with Crippen molar-refractivity contribution in [2.75, 3.05) is 7.11 Å². The zero-order chi connectivity index (χ0) is 13.1. The number of nitriles is 1. The number of benzene rings is 1. The summed E-state index contributed by atoms with van der Waals surface area (Å²) in [6, 6.07) is 3.70. The van der Waals surface area contributed by atoms with Crippen molar-refractivity contribution in [1.82, 2.24) is 0 Å². The fourth-order valence-electron chi connectivity index (χ4n) is 1.41. The summed E-state index contributed by atoms with van der Waals surface area (Å²) in [7, 11) is 1.21. The van der Waals surface area contributed by atoms with Gasteiger partial charge < -0.3 is 4.74 Å². The lowest BCUT2D eigenvalue weighted by atomic mass is 9.99. The highest BCUT2D eigenvalue weighted by Crippen LogP contribution is 2.35. The molecule has 0 aliphatic carbocycles. The van der Waals surface area contributed by atoms with Gasteiger partial charge in [0, 0.05) is 5.56 Å². The number of ether oxygens (including phenoxy) is 1. The molecule has 1 rings (SSSR count). The van der Waals surface area contributed by atoms with Crippen LogP contribution < -0.4 is 4.74 Å². The van der Waals surface area contributed by atoms with Crippen LogP contribution in [-0.2, 0) is 12.6 Å². The first-order valence-corrected chi connectivity index (χ1v) is 4.54. The lowest BCUT2D eigenvalue weighted by Crippen LogP contribution is -2.11. The maximum atomic E-state index is 12.7. The fraction of sp³-hybridized carbons (Fsp3) is 0.273. The molecule has 0 spiro atoms. The molecule has 0 radical (unpaired) electrons. The predicted octanol–water partition coefficient (Wildman–Crippen LogP) is 2.59. The molecule has 0 atom stereocenters. The molecule has 0 fully saturated rings. The molecule has 0 bridgehead atoms. The second kappa shape index (κ2) is 4.87. The maximum Gasteiger partial charge on any atom is 0.417 e. The number of hydrogen-bond donors (Lipinski definition) is 0. The Kier molecular flexibility index (Phi) is 3.73. The Hall–Kier alpha value is -2.03. The van der Waals surface area contributed by atoms with E-state index in [-0.39, 0.29) is 24.0 Å². The summed E-state index contributed by atoms with van der Waals surface area (Å²) in [6.45, 7) is 0. The van der Waals surface area contributed by atoms with Crippen LogP contribution >= 0.6 is 0 Å². The molecule has 0 amide bonds. The van der Waals surface area contributed by atoms with Crippen LogP contribution in [0.15, 0.2) is 12.1 Å². The second-order valence-electron chi connectivity index (χ2n) is 3.20. The topological polar surface area (TPSA) is 50.1 Å². The van der Waals surface area contributed by atoms with Gasteiger partial charge in [0.25, 0.3) is 0 Å². The molecule has 3 nitrogen and oxygen atoms in total. The Morgan fingerprint density at radius 3 is 2.53 bits per heavy atom. The molecule has 0 aliphatic rings. The van der Waals surface area contributed by atoms with Gasteiger partial charge in [-0.15, -0.1) is 0 Å². The summed E-state index contributed by atoms with van der Waals surface area (Å²) in [5, 5.41) is 8.51. The van der Waals surface area contributed by atoms with E-state index in [2.05, 4.69) is 0 Å². The van der Waals surface area contributed by atoms with Crippen molar-refractivity contribution in [3.63, 3.8) is 0 Å². The summed E-state index contributed by atoms with van der Waals surface area (Å²) < 4.78 is 42.7. The molecule has 0 aliphatic heterocycles. The average Bonchev–Trinajstić information content (AvgIpc) is 2.27. The van der Waals surface area contributed by atoms with Crippen molar-refractivity contribution in [3.05, 3.63) is 28.8 Å². The number of aldehydes is 1. The van der Waals surface area contributed by atoms with Crippen molar-refractivity contribution in [2.24, 2.45) is 0 Å². The van der Waals surface area contributed by atoms with Gasteiger partial charge in [-0.05, 0) is 17.7 Å². The number of halogens is 3. The maximum absolute atomic E-state index is 12.7. The highest BCUT2D eigenvalue weighted by atomic mass is 19.4. The molecule has 0 unspecified atom stereocenters. The zero-order valence-electron chi connectivity index (χ0n) is 8.84. The van der Waals surface area contributed by atoms with E-state index in [1.54, 1.807) is 6.07 Å². The van der Waals surface area contributed by atoms with E-state index in [9.17, 15) is 18.0 Å². The Balaban J connectivity index is 3.51. The number of methoxy groups -OCH3 is 1. The van der Waals surface area contributed by atoms with E-state index in [0.717, 1.165) is 6.07 Å². The van der Waals surface area contributed by atoms with Crippen molar-refractivity contribution in [2.45, 2.75) is 12.6 Å². The van der Waals surface area contributed by atoms with Crippen LogP contribution in [0.1, 0.15) is 21.5 Å². The normalized spacial score (nSPS) is 10.8. The van der Waals surface area contributed by atoms with Crippen LogP contribution in [0.2, 0.25) is 0 Å². The second-order valence-corrected chi connectivity index (χ2v) is 3.20. The molecule has 0 aromatic heterocycles. The van der Waals surface area contributed by atoms with Gasteiger partial charge in [0.2, 0.25) is 0 Å². The fourth-order valence-corrected chi connectivity index (χ4v) is 1.41. The van der Waals surface area contributed by atoms with Gasteiger partial charge in [0.1, 0.15) is 5.75 Å². The number of rotatable bonds is 3. The van der Waals surface area contributed by atoms with E-state index in [0.29, 0.717) is 0 Å². The standard InChI is InChI=1S/C11H8F3NO2/c1-17-8-4-7(2-3-15)9(6-16)10(5-8)11(12,13)14/h4-6H,2H2,1H3. The van der Waals surface area contributed by atoms with Crippen molar-refractivity contribution >= 4 is 6.29 Å². The highest BCUT2D eigenvalue weighted by Gasteiger charge is 2.35. The number of alkyl halides is 3. The number of carbonyl (C=O) groups excluding carboxylic acids is 1. The summed E-state index contributed by atoms with van der Waals surface area (Å²) in [5.41, 5.74) is -1.59. The molecule has 0 heterocycles. The van der Waals surface area contributed by atoms with Gasteiger partial charge in [-0.1, -0.05) is 0 Å². The van der Waals surface area contributed by atoms with Crippen LogP contribution in [-0.4, -0.2) is 13.4 Å². The third-order valence-corrected chi connectivity index (χ3v) is 2.17. The third-order valence-electron chi connectivity index (χ3n) is 2.17. The van der Waals surface area contributed by atoms with E-state index in [1.165, 1.54) is 13.2 Å². The minimum absolute atomic E-state index is 0.00850. The summed E-state index contributed by atoms with van der Waals surface area (Å²) in [5.74, 6) is -0.0341. The van der Waals surface area contributed by atoms with Gasteiger partial charge in [-0.25, -0.2) is 0 Å². The quantitative estimate of drug-likeness (QED) is 0.766. The smallest absolute Gasteiger partial charge is 0.417 e. The Bertz CT molecular complexity index is 475. The lowest BCUT2D eigenvalue weighted by Gasteiger charge is -2.13. The van der Waals surface area contributed by atoms with Crippen molar-refractivity contribution in [1.29, 1.82) is 5.26 Å². The van der Waals surface area contributed by atoms with Crippen molar-refractivity contribution in [3.8, 4) is 11.8 Å². The lowest BCUT2D eigenvalue weighted by molar-refractivity contribution is -0.138. The highest BCUT2D eigenvalue weighted by molar-refractivity contribution is 5.81. The first-order chi connectivity index (χ1) is 7.93. The average molecular weight is 243 g/mol. The minimum Gasteiger partial charge on any atom is -0.497 e. The summed E-state index contributed by atoms with van der Waals surface area (Å²) in [4.78, 5) is 10.7. The number of carbonyl (C=O) groups is 1. The molecule has 6 heteroatoms. The van der Waals surface area contributed by atoms with E-state index in [1.807, 2.05) is 0 Å². The molecule has 0 saturated heterocycles. The predicted molar refractivity (Wildman–Crippen MR) is 52.7 cm³/mol. The van der Waals surface area contributed by atoms with Crippen LogP contribution in [0, 0.1) is 11.3 Å². The van der Waals surface area contributed by atoms with Crippen molar-refractivity contribution < 1.29 is 22.7 Å². The minimum atomic E-state index is -4.66. The van der Waals surface area contributed by atoms with Gasteiger partial charge in [0.15, 0.2) is 6.29 Å². The first kappa shape index (κ1) is 13.0. The summed E-state index contributed by atoms with van der Waals surface area (Å²) in [6.07, 6.45) is -4.84. The molecule has 17 heavy (non-hydrogen) atoms. The molecule has 1 aromatic carbocycles. The van der Waals surface area contributed by atoms with Gasteiger partial charge in [-0.2, -0.15) is 18.4 Å². The summed E-state index contributed by atoms with van der Waals surface area (Å²) >= 11 is 0. The van der Waals surface area contributed by atoms with Crippen LogP contribution in [0.4, 0.5) is 13.2 Å². The SMILES string of the molecule is COc1cc(CC#N)c(C=O)c(C(F)(F)F)c1. The van der Waals surface area contributed by atoms with Crippen LogP contribution in [0.25, 0.3) is 0 Å². The van der Waals surface area contributed by atoms with Gasteiger partial charge in [0.05, 0.1) is 25.2 Å². The Morgan fingerprint density at radius 2 is 2.12 bits per heavy atom. The molecule has 90 valence electrons. The van der Waals surface area contributed by atoms with E-state index in [4.69, 9.17) is 10.00 Å². The Labute approximate surface area is 95.4 Å². The molecule has 0 saturated carbocycles. The largest absolute Gasteiger partial charge is 0.497 e. The van der Waals surface area contributed by atoms with Crippen LogP contribution in [0.5, 0.6) is 5.75 Å². The van der Waals surface area contributed by atoms with E-state index >= 15 is 0 Å².